The number of ether oxygens (including phenoxy) is 2. The van der Waals surface area contributed by atoms with E-state index in [0.29, 0.717) is 18.9 Å². The van der Waals surface area contributed by atoms with Crippen LogP contribution < -0.4 is 5.32 Å². The van der Waals surface area contributed by atoms with E-state index in [4.69, 9.17) is 9.47 Å². The monoisotopic (exact) mass is 259 g/mol. The molecule has 5 nitrogen and oxygen atoms in total. The Morgan fingerprint density at radius 2 is 2.06 bits per heavy atom. The van der Waals surface area contributed by atoms with Crippen LogP contribution in [0.25, 0.3) is 0 Å². The standard InChI is InChI=1S/C13H25NO4/c1-13(2,3)18-12(16)14-10-7-9(8-17-4)5-6-11(10)15/h9-11,15H,5-8H2,1-4H3,(H,14,16)/t9-,10?,11?/m0/s1. The largest absolute Gasteiger partial charge is 0.444 e. The first kappa shape index (κ1) is 15.2. The Bertz CT molecular complexity index is 275. The summed E-state index contributed by atoms with van der Waals surface area (Å²) in [7, 11) is 1.67. The number of methoxy groups -OCH3 is 1. The summed E-state index contributed by atoms with van der Waals surface area (Å²) >= 11 is 0. The lowest BCUT2D eigenvalue weighted by Gasteiger charge is -2.34. The van der Waals surface area contributed by atoms with E-state index in [9.17, 15) is 9.90 Å². The lowest BCUT2D eigenvalue weighted by Crippen LogP contribution is -2.49. The minimum absolute atomic E-state index is 0.242. The van der Waals surface area contributed by atoms with Gasteiger partial charge >= 0.3 is 6.09 Å². The molecule has 2 unspecified atom stereocenters. The van der Waals surface area contributed by atoms with Crippen molar-refractivity contribution in [3.63, 3.8) is 0 Å². The molecule has 0 aliphatic heterocycles. The van der Waals surface area contributed by atoms with E-state index in [2.05, 4.69) is 5.32 Å². The molecule has 1 aliphatic rings. The van der Waals surface area contributed by atoms with Crippen molar-refractivity contribution in [2.24, 2.45) is 5.92 Å². The third kappa shape index (κ3) is 5.23. The first-order chi connectivity index (χ1) is 8.31. The highest BCUT2D eigenvalue weighted by molar-refractivity contribution is 5.68. The molecular formula is C13H25NO4. The Hall–Kier alpha value is -0.810. The van der Waals surface area contributed by atoms with Crippen LogP contribution in [0.3, 0.4) is 0 Å². The van der Waals surface area contributed by atoms with Gasteiger partial charge in [0.05, 0.1) is 12.1 Å². The van der Waals surface area contributed by atoms with Crippen LogP contribution >= 0.6 is 0 Å². The summed E-state index contributed by atoms with van der Waals surface area (Å²) in [6, 6.07) is -0.242. The number of carbonyl (C=O) groups excluding carboxylic acids is 1. The maximum atomic E-state index is 11.7. The van der Waals surface area contributed by atoms with Crippen molar-refractivity contribution in [1.82, 2.24) is 5.32 Å². The Morgan fingerprint density at radius 3 is 2.61 bits per heavy atom. The van der Waals surface area contributed by atoms with E-state index in [1.54, 1.807) is 7.11 Å². The average molecular weight is 259 g/mol. The van der Waals surface area contributed by atoms with Crippen molar-refractivity contribution in [3.8, 4) is 0 Å². The molecule has 18 heavy (non-hydrogen) atoms. The molecule has 0 aromatic rings. The third-order valence-electron chi connectivity index (χ3n) is 3.03. The predicted octanol–water partition coefficient (Wildman–Crippen LogP) is 1.69. The molecule has 0 aromatic heterocycles. The minimum Gasteiger partial charge on any atom is -0.444 e. The number of hydrogen-bond acceptors (Lipinski definition) is 4. The van der Waals surface area contributed by atoms with Crippen LogP contribution in [0.15, 0.2) is 0 Å². The zero-order valence-corrected chi connectivity index (χ0v) is 11.7. The maximum Gasteiger partial charge on any atom is 0.407 e. The Kier molecular flexibility index (Phi) is 5.41. The SMILES string of the molecule is COC[C@H]1CCC(O)C(NC(=O)OC(C)(C)C)C1. The van der Waals surface area contributed by atoms with Gasteiger partial charge in [-0.15, -0.1) is 0 Å². The van der Waals surface area contributed by atoms with Crippen LogP contribution in [-0.2, 0) is 9.47 Å². The van der Waals surface area contributed by atoms with Crippen LogP contribution in [0.2, 0.25) is 0 Å². The summed E-state index contributed by atoms with van der Waals surface area (Å²) in [5.41, 5.74) is -0.518. The van der Waals surface area contributed by atoms with E-state index in [1.165, 1.54) is 0 Å². The molecule has 1 rings (SSSR count). The molecule has 0 aromatic carbocycles. The van der Waals surface area contributed by atoms with E-state index in [-0.39, 0.29) is 6.04 Å². The van der Waals surface area contributed by atoms with Gasteiger partial charge in [0, 0.05) is 13.7 Å². The van der Waals surface area contributed by atoms with Gasteiger partial charge in [0.25, 0.3) is 0 Å². The van der Waals surface area contributed by atoms with E-state index in [0.717, 1.165) is 12.8 Å². The van der Waals surface area contributed by atoms with Gasteiger partial charge in [0.1, 0.15) is 5.60 Å². The molecule has 1 fully saturated rings. The van der Waals surface area contributed by atoms with Crippen molar-refractivity contribution >= 4 is 6.09 Å². The highest BCUT2D eigenvalue weighted by Gasteiger charge is 2.31. The smallest absolute Gasteiger partial charge is 0.407 e. The van der Waals surface area contributed by atoms with Crippen LogP contribution in [0.1, 0.15) is 40.0 Å². The topological polar surface area (TPSA) is 67.8 Å². The second-order valence-electron chi connectivity index (χ2n) is 5.95. The van der Waals surface area contributed by atoms with E-state index >= 15 is 0 Å². The van der Waals surface area contributed by atoms with E-state index in [1.807, 2.05) is 20.8 Å². The highest BCUT2D eigenvalue weighted by atomic mass is 16.6. The quantitative estimate of drug-likeness (QED) is 0.809. The Morgan fingerprint density at radius 1 is 1.39 bits per heavy atom. The molecule has 1 saturated carbocycles. The summed E-state index contributed by atoms with van der Waals surface area (Å²) in [6.45, 7) is 6.12. The fourth-order valence-electron chi connectivity index (χ4n) is 2.24. The predicted molar refractivity (Wildman–Crippen MR) is 68.4 cm³/mol. The maximum absolute atomic E-state index is 11.7. The molecule has 0 heterocycles. The molecular weight excluding hydrogens is 234 g/mol. The number of alkyl carbamates (subject to hydrolysis) is 1. The highest BCUT2D eigenvalue weighted by Crippen LogP contribution is 2.25. The van der Waals surface area contributed by atoms with Gasteiger partial charge in [-0.05, 0) is 46.0 Å². The van der Waals surface area contributed by atoms with Crippen LogP contribution in [0, 0.1) is 5.92 Å². The van der Waals surface area contributed by atoms with Crippen molar-refractivity contribution in [1.29, 1.82) is 0 Å². The molecule has 106 valence electrons. The Labute approximate surface area is 109 Å². The van der Waals surface area contributed by atoms with Crippen LogP contribution in [0.4, 0.5) is 4.79 Å². The lowest BCUT2D eigenvalue weighted by atomic mass is 9.84. The number of carbonyl (C=O) groups is 1. The second-order valence-corrected chi connectivity index (χ2v) is 5.95. The molecule has 2 N–H and O–H groups in total. The molecule has 1 aliphatic carbocycles. The van der Waals surface area contributed by atoms with Gasteiger partial charge in [-0.2, -0.15) is 0 Å². The molecule has 0 radical (unpaired) electrons. The van der Waals surface area contributed by atoms with Gasteiger partial charge in [-0.3, -0.25) is 0 Å². The lowest BCUT2D eigenvalue weighted by molar-refractivity contribution is 0.0217. The number of aliphatic hydroxyl groups excluding tert-OH is 1. The summed E-state index contributed by atoms with van der Waals surface area (Å²) in [5.74, 6) is 0.387. The van der Waals surface area contributed by atoms with Gasteiger partial charge < -0.3 is 19.9 Å². The number of amides is 1. The molecule has 3 atom stereocenters. The third-order valence-corrected chi connectivity index (χ3v) is 3.03. The fraction of sp³-hybridized carbons (Fsp3) is 0.923. The van der Waals surface area contributed by atoms with Crippen molar-refractivity contribution in [3.05, 3.63) is 0 Å². The molecule has 0 saturated heterocycles. The summed E-state index contributed by atoms with van der Waals surface area (Å²) in [4.78, 5) is 11.7. The van der Waals surface area contributed by atoms with Gasteiger partial charge in [-0.25, -0.2) is 4.79 Å². The molecule has 0 spiro atoms. The number of aliphatic hydroxyl groups is 1. The normalized spacial score (nSPS) is 28.8. The van der Waals surface area contributed by atoms with Crippen molar-refractivity contribution in [2.45, 2.75) is 57.8 Å². The van der Waals surface area contributed by atoms with Gasteiger partial charge in [0.15, 0.2) is 0 Å². The molecule has 0 bridgehead atoms. The Balaban J connectivity index is 2.45. The zero-order valence-electron chi connectivity index (χ0n) is 11.7. The number of hydrogen-bond donors (Lipinski definition) is 2. The van der Waals surface area contributed by atoms with Crippen molar-refractivity contribution in [2.75, 3.05) is 13.7 Å². The van der Waals surface area contributed by atoms with Crippen LogP contribution in [-0.4, -0.2) is 42.7 Å². The first-order valence-corrected chi connectivity index (χ1v) is 6.48. The van der Waals surface area contributed by atoms with Gasteiger partial charge in [-0.1, -0.05) is 0 Å². The second kappa shape index (κ2) is 6.38. The number of rotatable bonds is 3. The minimum atomic E-state index is -0.518. The van der Waals surface area contributed by atoms with E-state index < -0.39 is 17.8 Å². The zero-order chi connectivity index (χ0) is 13.8. The molecule has 1 amide bonds. The fourth-order valence-corrected chi connectivity index (χ4v) is 2.24. The first-order valence-electron chi connectivity index (χ1n) is 6.48. The molecule has 5 heteroatoms. The average Bonchev–Trinajstić information content (AvgIpc) is 2.20. The van der Waals surface area contributed by atoms with Crippen molar-refractivity contribution < 1.29 is 19.4 Å². The summed E-state index contributed by atoms with van der Waals surface area (Å²) in [6.07, 6.45) is 1.39. The summed E-state index contributed by atoms with van der Waals surface area (Å²) < 4.78 is 10.3. The number of nitrogens with one attached hydrogen (secondary N) is 1. The van der Waals surface area contributed by atoms with Crippen LogP contribution in [0.5, 0.6) is 0 Å². The summed E-state index contributed by atoms with van der Waals surface area (Å²) in [5, 5.41) is 12.6. The van der Waals surface area contributed by atoms with Gasteiger partial charge in [0.2, 0.25) is 0 Å².